The van der Waals surface area contributed by atoms with E-state index >= 15 is 0 Å². The number of carbonyl (C=O) groups is 1. The molecule has 2 aromatic rings. The van der Waals surface area contributed by atoms with Crippen molar-refractivity contribution in [3.05, 3.63) is 30.1 Å². The summed E-state index contributed by atoms with van der Waals surface area (Å²) in [5.41, 5.74) is -0.389. The van der Waals surface area contributed by atoms with Gasteiger partial charge in [0.2, 0.25) is 11.1 Å². The van der Waals surface area contributed by atoms with Crippen LogP contribution in [0.1, 0.15) is 39.0 Å². The Morgan fingerprint density at radius 3 is 2.74 bits per heavy atom. The van der Waals surface area contributed by atoms with Crippen molar-refractivity contribution in [1.82, 2.24) is 20.1 Å². The van der Waals surface area contributed by atoms with Crippen LogP contribution in [0.3, 0.4) is 0 Å². The molecule has 1 amide bonds. The third-order valence-corrected chi connectivity index (χ3v) is 6.03. The fourth-order valence-electron chi connectivity index (χ4n) is 3.42. The zero-order valence-electron chi connectivity index (χ0n) is 15.4. The first kappa shape index (κ1) is 19.4. The van der Waals surface area contributed by atoms with Crippen LogP contribution in [0.15, 0.2) is 29.4 Å². The van der Waals surface area contributed by atoms with Crippen molar-refractivity contribution in [2.45, 2.75) is 55.0 Å². The van der Waals surface area contributed by atoms with E-state index < -0.39 is 10.8 Å². The molecular weight excluding hydrogens is 365 g/mol. The highest BCUT2D eigenvalue weighted by atomic mass is 32.2. The summed E-state index contributed by atoms with van der Waals surface area (Å²) in [5.74, 6) is -0.188. The van der Waals surface area contributed by atoms with Gasteiger partial charge in [0.05, 0.1) is 16.9 Å². The van der Waals surface area contributed by atoms with Crippen LogP contribution < -0.4 is 0 Å². The first-order valence-corrected chi connectivity index (χ1v) is 9.88. The Kier molecular flexibility index (Phi) is 5.80. The van der Waals surface area contributed by atoms with Gasteiger partial charge in [-0.2, -0.15) is 5.26 Å². The van der Waals surface area contributed by atoms with Crippen LogP contribution in [-0.2, 0) is 4.79 Å². The zero-order valence-corrected chi connectivity index (χ0v) is 16.2. The molecule has 3 rings (SSSR count). The summed E-state index contributed by atoms with van der Waals surface area (Å²) in [6.07, 6.45) is 4.44. The van der Waals surface area contributed by atoms with Gasteiger partial charge in [-0.05, 0) is 31.9 Å². The van der Waals surface area contributed by atoms with Gasteiger partial charge < -0.3 is 4.90 Å². The smallest absolute Gasteiger partial charge is 0.236 e. The minimum atomic E-state index is -0.721. The number of hydrogen-bond acceptors (Lipinski definition) is 5. The number of amides is 1. The molecule has 1 fully saturated rings. The molecule has 0 spiro atoms. The van der Waals surface area contributed by atoms with E-state index in [0.29, 0.717) is 29.4 Å². The largest absolute Gasteiger partial charge is 0.326 e. The average molecular weight is 387 g/mol. The number of carbonyl (C=O) groups excluding carboxylic acids is 1. The van der Waals surface area contributed by atoms with Crippen LogP contribution in [0.25, 0.3) is 11.4 Å². The minimum absolute atomic E-state index is 0.124. The molecule has 0 radical (unpaired) electrons. The number of benzene rings is 1. The quantitative estimate of drug-likeness (QED) is 0.789. The van der Waals surface area contributed by atoms with Gasteiger partial charge in [-0.25, -0.2) is 9.37 Å². The summed E-state index contributed by atoms with van der Waals surface area (Å²) in [6.45, 7) is 1.77. The summed E-state index contributed by atoms with van der Waals surface area (Å²) >= 11 is 1.20. The molecular formula is C19H22FN5OS. The Morgan fingerprint density at radius 2 is 2.07 bits per heavy atom. The molecule has 1 heterocycles. The lowest BCUT2D eigenvalue weighted by Gasteiger charge is -2.39. The third kappa shape index (κ3) is 3.98. The Labute approximate surface area is 162 Å². The van der Waals surface area contributed by atoms with Crippen molar-refractivity contribution >= 4 is 17.7 Å². The van der Waals surface area contributed by atoms with E-state index in [2.05, 4.69) is 21.3 Å². The first-order valence-electron chi connectivity index (χ1n) is 9.00. The van der Waals surface area contributed by atoms with Crippen molar-refractivity contribution in [2.75, 3.05) is 7.05 Å². The number of hydrogen-bond donors (Lipinski definition) is 1. The molecule has 1 saturated carbocycles. The predicted molar refractivity (Wildman–Crippen MR) is 101 cm³/mol. The maximum absolute atomic E-state index is 13.9. The molecule has 1 N–H and O–H groups in total. The second-order valence-electron chi connectivity index (χ2n) is 6.81. The van der Waals surface area contributed by atoms with Crippen LogP contribution in [0.5, 0.6) is 0 Å². The number of rotatable bonds is 5. The van der Waals surface area contributed by atoms with Crippen molar-refractivity contribution in [2.24, 2.45) is 0 Å². The molecule has 1 aliphatic rings. The SMILES string of the molecule is C[C@@H](Sc1n[nH]c(-c2ccccc2F)n1)C(=O)N(C)C1(C#N)CCCCC1. The lowest BCUT2D eigenvalue weighted by Crippen LogP contribution is -2.52. The number of H-pyrrole nitrogens is 1. The minimum Gasteiger partial charge on any atom is -0.326 e. The normalized spacial score (nSPS) is 17.1. The summed E-state index contributed by atoms with van der Waals surface area (Å²) in [4.78, 5) is 18.8. The van der Waals surface area contributed by atoms with Crippen molar-refractivity contribution in [1.29, 1.82) is 5.26 Å². The fraction of sp³-hybridized carbons (Fsp3) is 0.474. The number of halogens is 1. The van der Waals surface area contributed by atoms with E-state index in [-0.39, 0.29) is 11.7 Å². The van der Waals surface area contributed by atoms with Crippen LogP contribution in [0.4, 0.5) is 4.39 Å². The highest BCUT2D eigenvalue weighted by Crippen LogP contribution is 2.34. The fourth-order valence-corrected chi connectivity index (χ4v) is 4.24. The molecule has 1 aromatic carbocycles. The van der Waals surface area contributed by atoms with Crippen molar-refractivity contribution in [3.63, 3.8) is 0 Å². The van der Waals surface area contributed by atoms with Crippen LogP contribution in [0, 0.1) is 17.1 Å². The maximum Gasteiger partial charge on any atom is 0.236 e. The second-order valence-corrected chi connectivity index (χ2v) is 8.12. The number of nitrogens with one attached hydrogen (secondary N) is 1. The zero-order chi connectivity index (χ0) is 19.4. The van der Waals surface area contributed by atoms with E-state index in [4.69, 9.17) is 0 Å². The standard InChI is InChI=1S/C19H22FN5OS/c1-13(17(26)25(2)19(12-21)10-6-3-7-11-19)27-18-22-16(23-24-18)14-8-4-5-9-15(14)20/h4-5,8-9,13H,3,6-7,10-11H2,1-2H3,(H,22,23,24)/t13-/m1/s1. The Morgan fingerprint density at radius 1 is 1.37 bits per heavy atom. The van der Waals surface area contributed by atoms with Gasteiger partial charge in [-0.1, -0.05) is 43.2 Å². The summed E-state index contributed by atoms with van der Waals surface area (Å²) < 4.78 is 13.9. The molecule has 27 heavy (non-hydrogen) atoms. The van der Waals surface area contributed by atoms with E-state index in [0.717, 1.165) is 19.3 Å². The molecule has 0 unspecified atom stereocenters. The van der Waals surface area contributed by atoms with Gasteiger partial charge in [0.25, 0.3) is 0 Å². The summed E-state index contributed by atoms with van der Waals surface area (Å²) in [5, 5.41) is 16.4. The number of nitrogens with zero attached hydrogens (tertiary/aromatic N) is 4. The topological polar surface area (TPSA) is 85.7 Å². The predicted octanol–water partition coefficient (Wildman–Crippen LogP) is 3.78. The molecule has 1 aromatic heterocycles. The van der Waals surface area contributed by atoms with Crippen molar-refractivity contribution < 1.29 is 9.18 Å². The van der Waals surface area contributed by atoms with Gasteiger partial charge >= 0.3 is 0 Å². The van der Waals surface area contributed by atoms with E-state index in [1.807, 2.05) is 0 Å². The highest BCUT2D eigenvalue weighted by Gasteiger charge is 2.40. The molecule has 8 heteroatoms. The van der Waals surface area contributed by atoms with Gasteiger partial charge in [0.15, 0.2) is 5.82 Å². The number of aromatic amines is 1. The van der Waals surface area contributed by atoms with Gasteiger partial charge in [-0.15, -0.1) is 5.10 Å². The van der Waals surface area contributed by atoms with Gasteiger partial charge in [0, 0.05) is 7.05 Å². The molecule has 6 nitrogen and oxygen atoms in total. The second kappa shape index (κ2) is 8.09. The van der Waals surface area contributed by atoms with Gasteiger partial charge in [-0.3, -0.25) is 9.89 Å². The molecule has 0 bridgehead atoms. The molecule has 1 atom stereocenters. The first-order chi connectivity index (χ1) is 13.0. The van der Waals surface area contributed by atoms with Crippen LogP contribution in [0.2, 0.25) is 0 Å². The van der Waals surface area contributed by atoms with E-state index in [1.54, 1.807) is 37.1 Å². The Bertz CT molecular complexity index is 856. The number of nitriles is 1. The average Bonchev–Trinajstić information content (AvgIpc) is 3.15. The molecule has 1 aliphatic carbocycles. The Balaban J connectivity index is 1.70. The van der Waals surface area contributed by atoms with E-state index in [1.165, 1.54) is 17.8 Å². The van der Waals surface area contributed by atoms with Crippen LogP contribution in [-0.4, -0.2) is 43.8 Å². The summed E-state index contributed by atoms with van der Waals surface area (Å²) in [6, 6.07) is 8.67. The lowest BCUT2D eigenvalue weighted by molar-refractivity contribution is -0.133. The van der Waals surface area contributed by atoms with Gasteiger partial charge in [0.1, 0.15) is 11.4 Å². The molecule has 142 valence electrons. The molecule has 0 aliphatic heterocycles. The monoisotopic (exact) mass is 387 g/mol. The summed E-state index contributed by atoms with van der Waals surface area (Å²) in [7, 11) is 1.71. The maximum atomic E-state index is 13.9. The van der Waals surface area contributed by atoms with Crippen LogP contribution >= 0.6 is 11.8 Å². The number of aromatic nitrogens is 3. The molecule has 0 saturated heterocycles. The highest BCUT2D eigenvalue weighted by molar-refractivity contribution is 8.00. The third-order valence-electron chi connectivity index (χ3n) is 5.09. The van der Waals surface area contributed by atoms with Crippen molar-refractivity contribution in [3.8, 4) is 17.5 Å². The lowest BCUT2D eigenvalue weighted by atomic mass is 9.81. The van der Waals surface area contributed by atoms with E-state index in [9.17, 15) is 14.4 Å². The number of thioether (sulfide) groups is 1. The Hall–Kier alpha value is -2.40.